The number of piperazine rings is 1. The van der Waals surface area contributed by atoms with Crippen molar-refractivity contribution in [3.05, 3.63) is 29.8 Å². The number of nitrogens with one attached hydrogen (secondary N) is 1. The van der Waals surface area contributed by atoms with E-state index in [0.29, 0.717) is 11.5 Å². The number of aryl methyl sites for hydroxylation is 1. The average molecular weight is 260 g/mol. The largest absolute Gasteiger partial charge is 0.368 e. The summed E-state index contributed by atoms with van der Waals surface area (Å²) in [6.07, 6.45) is 2.39. The Bertz CT molecular complexity index is 406. The van der Waals surface area contributed by atoms with Crippen molar-refractivity contribution in [1.29, 1.82) is 0 Å². The molecule has 0 amide bonds. The second-order valence-electron chi connectivity index (χ2n) is 6.70. The van der Waals surface area contributed by atoms with Crippen LogP contribution in [0.3, 0.4) is 0 Å². The summed E-state index contributed by atoms with van der Waals surface area (Å²) in [6, 6.07) is 9.47. The summed E-state index contributed by atoms with van der Waals surface area (Å²) >= 11 is 0. The van der Waals surface area contributed by atoms with Crippen molar-refractivity contribution >= 4 is 5.69 Å². The fourth-order valence-corrected chi connectivity index (χ4v) is 2.85. The summed E-state index contributed by atoms with van der Waals surface area (Å²) in [7, 11) is 0. The first kappa shape index (κ1) is 14.4. The Kier molecular flexibility index (Phi) is 4.51. The molecule has 0 bridgehead atoms. The van der Waals surface area contributed by atoms with Gasteiger partial charge in [-0.2, -0.15) is 0 Å². The molecule has 0 aliphatic carbocycles. The Balaban J connectivity index is 2.17. The first-order valence-electron chi connectivity index (χ1n) is 7.58. The van der Waals surface area contributed by atoms with Gasteiger partial charge in [-0.05, 0) is 23.5 Å². The minimum atomic E-state index is 0.318. The van der Waals surface area contributed by atoms with Crippen LogP contribution in [0.15, 0.2) is 24.3 Å². The maximum Gasteiger partial charge on any atom is 0.0399 e. The van der Waals surface area contributed by atoms with E-state index in [1.165, 1.54) is 24.1 Å². The van der Waals surface area contributed by atoms with Gasteiger partial charge < -0.3 is 10.2 Å². The van der Waals surface area contributed by atoms with Crippen LogP contribution in [-0.2, 0) is 6.42 Å². The lowest BCUT2D eigenvalue weighted by atomic mass is 9.85. The molecule has 0 spiro atoms. The second-order valence-corrected chi connectivity index (χ2v) is 6.70. The normalized spacial score (nSPS) is 20.6. The fourth-order valence-electron chi connectivity index (χ4n) is 2.85. The molecule has 1 aliphatic heterocycles. The van der Waals surface area contributed by atoms with Crippen molar-refractivity contribution in [3.8, 4) is 0 Å². The average Bonchev–Trinajstić information content (AvgIpc) is 2.39. The lowest BCUT2D eigenvalue weighted by Gasteiger charge is -2.42. The molecule has 1 unspecified atom stereocenters. The van der Waals surface area contributed by atoms with E-state index < -0.39 is 0 Å². The second kappa shape index (κ2) is 5.96. The number of nitrogens with zero attached hydrogens (tertiary/aromatic N) is 1. The molecule has 1 heterocycles. The van der Waals surface area contributed by atoms with Gasteiger partial charge in [-0.3, -0.25) is 0 Å². The lowest BCUT2D eigenvalue weighted by Crippen LogP contribution is -2.56. The quantitative estimate of drug-likeness (QED) is 0.895. The summed E-state index contributed by atoms with van der Waals surface area (Å²) < 4.78 is 0. The van der Waals surface area contributed by atoms with Gasteiger partial charge in [-0.25, -0.2) is 0 Å². The Morgan fingerprint density at radius 3 is 2.68 bits per heavy atom. The Hall–Kier alpha value is -1.02. The SMILES string of the molecule is CCCc1ccccc1N1CCNC(C(C)(C)C)C1. The van der Waals surface area contributed by atoms with E-state index >= 15 is 0 Å². The molecule has 19 heavy (non-hydrogen) atoms. The van der Waals surface area contributed by atoms with E-state index in [4.69, 9.17) is 0 Å². The smallest absolute Gasteiger partial charge is 0.0399 e. The summed E-state index contributed by atoms with van der Waals surface area (Å²) in [5.74, 6) is 0. The van der Waals surface area contributed by atoms with E-state index in [2.05, 4.69) is 62.2 Å². The van der Waals surface area contributed by atoms with Crippen molar-refractivity contribution in [2.75, 3.05) is 24.5 Å². The molecular weight excluding hydrogens is 232 g/mol. The summed E-state index contributed by atoms with van der Waals surface area (Å²) in [4.78, 5) is 2.57. The van der Waals surface area contributed by atoms with Crippen molar-refractivity contribution in [2.45, 2.75) is 46.6 Å². The van der Waals surface area contributed by atoms with Crippen LogP contribution in [0, 0.1) is 5.41 Å². The van der Waals surface area contributed by atoms with Crippen molar-refractivity contribution in [2.24, 2.45) is 5.41 Å². The van der Waals surface area contributed by atoms with Gasteiger partial charge in [0.2, 0.25) is 0 Å². The standard InChI is InChI=1S/C17H28N2/c1-5-8-14-9-6-7-10-15(14)19-12-11-18-16(13-19)17(2,3)4/h6-7,9-10,16,18H,5,8,11-13H2,1-4H3. The van der Waals surface area contributed by atoms with Crippen LogP contribution < -0.4 is 10.2 Å². The van der Waals surface area contributed by atoms with Gasteiger partial charge in [0.15, 0.2) is 0 Å². The van der Waals surface area contributed by atoms with Gasteiger partial charge in [0, 0.05) is 31.4 Å². The van der Waals surface area contributed by atoms with Crippen molar-refractivity contribution in [1.82, 2.24) is 5.32 Å². The van der Waals surface area contributed by atoms with Gasteiger partial charge in [0.25, 0.3) is 0 Å². The number of benzene rings is 1. The molecule has 2 nitrogen and oxygen atoms in total. The third kappa shape index (κ3) is 3.50. The molecular formula is C17H28N2. The van der Waals surface area contributed by atoms with E-state index in [1.807, 2.05) is 0 Å². The molecule has 0 radical (unpaired) electrons. The molecule has 1 N–H and O–H groups in total. The Labute approximate surface area is 118 Å². The van der Waals surface area contributed by atoms with E-state index in [0.717, 1.165) is 19.6 Å². The van der Waals surface area contributed by atoms with Crippen LogP contribution in [0.1, 0.15) is 39.7 Å². The molecule has 2 rings (SSSR count). The highest BCUT2D eigenvalue weighted by atomic mass is 15.2. The summed E-state index contributed by atoms with van der Waals surface area (Å²) in [6.45, 7) is 12.6. The van der Waals surface area contributed by atoms with Gasteiger partial charge >= 0.3 is 0 Å². The van der Waals surface area contributed by atoms with Crippen LogP contribution in [0.5, 0.6) is 0 Å². The Morgan fingerprint density at radius 2 is 2.00 bits per heavy atom. The highest BCUT2D eigenvalue weighted by Gasteiger charge is 2.29. The van der Waals surface area contributed by atoms with Crippen LogP contribution >= 0.6 is 0 Å². The van der Waals surface area contributed by atoms with Crippen LogP contribution in [0.4, 0.5) is 5.69 Å². The molecule has 1 atom stereocenters. The molecule has 1 saturated heterocycles. The maximum absolute atomic E-state index is 3.67. The minimum absolute atomic E-state index is 0.318. The summed E-state index contributed by atoms with van der Waals surface area (Å²) in [5, 5.41) is 3.67. The third-order valence-corrected chi connectivity index (χ3v) is 4.07. The zero-order valence-electron chi connectivity index (χ0n) is 12.9. The number of hydrogen-bond donors (Lipinski definition) is 1. The molecule has 1 aromatic rings. The van der Waals surface area contributed by atoms with Crippen LogP contribution in [-0.4, -0.2) is 25.7 Å². The maximum atomic E-state index is 3.67. The van der Waals surface area contributed by atoms with Crippen molar-refractivity contribution in [3.63, 3.8) is 0 Å². The van der Waals surface area contributed by atoms with Crippen LogP contribution in [0.25, 0.3) is 0 Å². The molecule has 0 saturated carbocycles. The van der Waals surface area contributed by atoms with Gasteiger partial charge in [-0.15, -0.1) is 0 Å². The van der Waals surface area contributed by atoms with Crippen LogP contribution in [0.2, 0.25) is 0 Å². The van der Waals surface area contributed by atoms with Gasteiger partial charge in [-0.1, -0.05) is 52.3 Å². The minimum Gasteiger partial charge on any atom is -0.368 e. The monoisotopic (exact) mass is 260 g/mol. The Morgan fingerprint density at radius 1 is 1.26 bits per heavy atom. The lowest BCUT2D eigenvalue weighted by molar-refractivity contribution is 0.254. The number of rotatable bonds is 3. The first-order chi connectivity index (χ1) is 9.02. The van der Waals surface area contributed by atoms with Gasteiger partial charge in [0.1, 0.15) is 0 Å². The van der Waals surface area contributed by atoms with Gasteiger partial charge in [0.05, 0.1) is 0 Å². The summed E-state index contributed by atoms with van der Waals surface area (Å²) in [5.41, 5.74) is 3.26. The number of para-hydroxylation sites is 1. The topological polar surface area (TPSA) is 15.3 Å². The molecule has 106 valence electrons. The highest BCUT2D eigenvalue weighted by Crippen LogP contribution is 2.27. The molecule has 1 aromatic carbocycles. The van der Waals surface area contributed by atoms with E-state index in [9.17, 15) is 0 Å². The molecule has 0 aromatic heterocycles. The zero-order chi connectivity index (χ0) is 13.9. The fraction of sp³-hybridized carbons (Fsp3) is 0.647. The molecule has 1 fully saturated rings. The number of anilines is 1. The van der Waals surface area contributed by atoms with E-state index in [1.54, 1.807) is 0 Å². The zero-order valence-corrected chi connectivity index (χ0v) is 12.9. The number of hydrogen-bond acceptors (Lipinski definition) is 2. The predicted molar refractivity (Wildman–Crippen MR) is 83.9 cm³/mol. The highest BCUT2D eigenvalue weighted by molar-refractivity contribution is 5.54. The molecule has 1 aliphatic rings. The van der Waals surface area contributed by atoms with Crippen molar-refractivity contribution < 1.29 is 0 Å². The third-order valence-electron chi connectivity index (χ3n) is 4.07. The first-order valence-corrected chi connectivity index (χ1v) is 7.58. The van der Waals surface area contributed by atoms with E-state index in [-0.39, 0.29) is 0 Å². The molecule has 2 heteroatoms. The predicted octanol–water partition coefficient (Wildman–Crippen LogP) is 3.46.